The zero-order chi connectivity index (χ0) is 18.1. The van der Waals surface area contributed by atoms with E-state index in [2.05, 4.69) is 4.98 Å². The molecule has 3 rings (SSSR count). The van der Waals surface area contributed by atoms with Gasteiger partial charge in [0.05, 0.1) is 23.9 Å². The molecule has 3 aromatic rings. The number of nitrogens with zero attached hydrogens (tertiary/aromatic N) is 1. The van der Waals surface area contributed by atoms with E-state index in [1.165, 1.54) is 25.3 Å². The number of aromatic nitrogens is 1. The van der Waals surface area contributed by atoms with Crippen LogP contribution in [0.25, 0.3) is 22.2 Å². The monoisotopic (exact) mass is 339 g/mol. The van der Waals surface area contributed by atoms with Gasteiger partial charge in [0.1, 0.15) is 0 Å². The van der Waals surface area contributed by atoms with Crippen molar-refractivity contribution in [2.45, 2.75) is 19.8 Å². The number of fused-ring (bicyclic) bond motifs is 1. The molecule has 0 bridgehead atoms. The summed E-state index contributed by atoms with van der Waals surface area (Å²) in [6, 6.07) is 11.5. The molecule has 128 valence electrons. The van der Waals surface area contributed by atoms with Crippen LogP contribution in [0, 0.1) is 5.82 Å². The van der Waals surface area contributed by atoms with E-state index >= 15 is 0 Å². The average Bonchev–Trinajstić information content (AvgIpc) is 2.59. The number of methoxy groups -OCH3 is 1. The lowest BCUT2D eigenvalue weighted by Crippen LogP contribution is -2.01. The molecule has 0 unspecified atom stereocenters. The number of hydrogen-bond acceptors (Lipinski definition) is 3. The summed E-state index contributed by atoms with van der Waals surface area (Å²) in [5.74, 6) is -1.15. The maximum Gasteiger partial charge on any atom is 0.336 e. The Hall–Kier alpha value is -2.95. The summed E-state index contributed by atoms with van der Waals surface area (Å²) in [6.07, 6.45) is 0. The molecule has 0 aliphatic carbocycles. The number of halogens is 1. The highest BCUT2D eigenvalue weighted by Crippen LogP contribution is 2.29. The van der Waals surface area contributed by atoms with Gasteiger partial charge in [-0.25, -0.2) is 14.2 Å². The van der Waals surface area contributed by atoms with E-state index in [1.807, 2.05) is 26.0 Å². The molecule has 2 aromatic carbocycles. The molecular weight excluding hydrogens is 321 g/mol. The van der Waals surface area contributed by atoms with Gasteiger partial charge in [0, 0.05) is 10.9 Å². The Bertz CT molecular complexity index is 967. The van der Waals surface area contributed by atoms with Gasteiger partial charge in [-0.05, 0) is 47.9 Å². The lowest BCUT2D eigenvalue weighted by Gasteiger charge is -2.11. The third kappa shape index (κ3) is 3.18. The second kappa shape index (κ2) is 6.51. The number of ether oxygens (including phenoxy) is 1. The van der Waals surface area contributed by atoms with Crippen LogP contribution in [0.15, 0.2) is 42.5 Å². The zero-order valence-corrected chi connectivity index (χ0v) is 14.2. The summed E-state index contributed by atoms with van der Waals surface area (Å²) in [7, 11) is 1.39. The fourth-order valence-corrected chi connectivity index (χ4v) is 2.75. The number of aromatic carboxylic acids is 1. The minimum atomic E-state index is -1.04. The van der Waals surface area contributed by atoms with E-state index < -0.39 is 11.8 Å². The summed E-state index contributed by atoms with van der Waals surface area (Å²) < 4.78 is 18.9. The largest absolute Gasteiger partial charge is 0.494 e. The molecule has 0 aliphatic rings. The molecule has 0 amide bonds. The van der Waals surface area contributed by atoms with Crippen LogP contribution in [0.1, 0.15) is 35.7 Å². The molecule has 0 fully saturated rings. The average molecular weight is 339 g/mol. The second-order valence-electron chi connectivity index (χ2n) is 6.14. The molecule has 0 radical (unpaired) electrons. The highest BCUT2D eigenvalue weighted by Gasteiger charge is 2.15. The fourth-order valence-electron chi connectivity index (χ4n) is 2.75. The van der Waals surface area contributed by atoms with Crippen LogP contribution in [0.2, 0.25) is 0 Å². The van der Waals surface area contributed by atoms with Gasteiger partial charge in [0.2, 0.25) is 0 Å². The van der Waals surface area contributed by atoms with Crippen LogP contribution >= 0.6 is 0 Å². The van der Waals surface area contributed by atoms with Gasteiger partial charge >= 0.3 is 5.97 Å². The number of hydrogen-bond donors (Lipinski definition) is 1. The van der Waals surface area contributed by atoms with Crippen LogP contribution in [0.5, 0.6) is 5.75 Å². The Morgan fingerprint density at radius 1 is 1.16 bits per heavy atom. The first-order valence-electron chi connectivity index (χ1n) is 7.92. The topological polar surface area (TPSA) is 59.4 Å². The molecular formula is C20H18FNO3. The van der Waals surface area contributed by atoms with Crippen molar-refractivity contribution < 1.29 is 19.0 Å². The van der Waals surface area contributed by atoms with Crippen molar-refractivity contribution in [2.24, 2.45) is 0 Å². The Kier molecular flexibility index (Phi) is 4.40. The van der Waals surface area contributed by atoms with Crippen molar-refractivity contribution >= 4 is 16.9 Å². The lowest BCUT2D eigenvalue weighted by molar-refractivity contribution is 0.0699. The molecule has 5 heteroatoms. The Morgan fingerprint density at radius 3 is 2.52 bits per heavy atom. The van der Waals surface area contributed by atoms with Crippen LogP contribution < -0.4 is 4.74 Å². The van der Waals surface area contributed by atoms with Gasteiger partial charge in [0.15, 0.2) is 11.6 Å². The molecule has 1 heterocycles. The molecule has 4 nitrogen and oxygen atoms in total. The summed E-state index contributed by atoms with van der Waals surface area (Å²) >= 11 is 0. The molecule has 0 saturated carbocycles. The number of pyridine rings is 1. The summed E-state index contributed by atoms with van der Waals surface area (Å²) in [5, 5.41) is 10.2. The normalized spacial score (nSPS) is 11.1. The molecule has 0 aliphatic heterocycles. The Labute approximate surface area is 144 Å². The van der Waals surface area contributed by atoms with Gasteiger partial charge < -0.3 is 9.84 Å². The van der Waals surface area contributed by atoms with Crippen LogP contribution in [-0.4, -0.2) is 23.2 Å². The number of rotatable bonds is 4. The first-order chi connectivity index (χ1) is 11.9. The first-order valence-corrected chi connectivity index (χ1v) is 7.92. The van der Waals surface area contributed by atoms with Gasteiger partial charge in [-0.15, -0.1) is 0 Å². The number of carboxylic acid groups (broad SMARTS) is 1. The molecule has 1 aromatic heterocycles. The third-order valence-corrected chi connectivity index (χ3v) is 4.18. The highest BCUT2D eigenvalue weighted by atomic mass is 19.1. The SMILES string of the molecule is COc1ccc(-c2cc(C(=O)O)c3cc(C(C)C)ccc3n2)cc1F. The van der Waals surface area contributed by atoms with E-state index in [0.717, 1.165) is 5.56 Å². The Balaban J connectivity index is 2.22. The number of carboxylic acids is 1. The van der Waals surface area contributed by atoms with Crippen molar-refractivity contribution in [3.05, 3.63) is 59.4 Å². The van der Waals surface area contributed by atoms with E-state index in [4.69, 9.17) is 4.74 Å². The predicted octanol–water partition coefficient (Wildman–Crippen LogP) is 4.87. The summed E-state index contributed by atoms with van der Waals surface area (Å²) in [4.78, 5) is 16.2. The number of carbonyl (C=O) groups is 1. The van der Waals surface area contributed by atoms with Crippen LogP contribution in [0.3, 0.4) is 0 Å². The fraction of sp³-hybridized carbons (Fsp3) is 0.200. The summed E-state index contributed by atoms with van der Waals surface area (Å²) in [5.41, 5.74) is 2.66. The van der Waals surface area contributed by atoms with Gasteiger partial charge in [-0.1, -0.05) is 19.9 Å². The van der Waals surface area contributed by atoms with E-state index in [1.54, 1.807) is 12.1 Å². The number of benzene rings is 2. The van der Waals surface area contributed by atoms with E-state index in [0.29, 0.717) is 22.2 Å². The van der Waals surface area contributed by atoms with Gasteiger partial charge in [-0.2, -0.15) is 0 Å². The third-order valence-electron chi connectivity index (χ3n) is 4.18. The smallest absolute Gasteiger partial charge is 0.336 e. The predicted molar refractivity (Wildman–Crippen MR) is 94.7 cm³/mol. The van der Waals surface area contributed by atoms with Crippen LogP contribution in [0.4, 0.5) is 4.39 Å². The van der Waals surface area contributed by atoms with Crippen LogP contribution in [-0.2, 0) is 0 Å². The molecule has 0 spiro atoms. The Morgan fingerprint density at radius 2 is 1.92 bits per heavy atom. The highest BCUT2D eigenvalue weighted by molar-refractivity contribution is 6.04. The maximum atomic E-state index is 14.0. The molecule has 25 heavy (non-hydrogen) atoms. The van der Waals surface area contributed by atoms with Crippen molar-refractivity contribution in [1.82, 2.24) is 4.98 Å². The standard InChI is InChI=1S/C20H18FNO3/c1-11(2)12-4-6-17-14(8-12)15(20(23)24)10-18(22-17)13-5-7-19(25-3)16(21)9-13/h4-11H,1-3H3,(H,23,24). The minimum absolute atomic E-state index is 0.129. The van der Waals surface area contributed by atoms with Crippen molar-refractivity contribution in [3.8, 4) is 17.0 Å². The van der Waals surface area contributed by atoms with Crippen molar-refractivity contribution in [3.63, 3.8) is 0 Å². The van der Waals surface area contributed by atoms with Gasteiger partial charge in [0.25, 0.3) is 0 Å². The van der Waals surface area contributed by atoms with E-state index in [-0.39, 0.29) is 17.2 Å². The lowest BCUT2D eigenvalue weighted by atomic mass is 9.97. The maximum absolute atomic E-state index is 14.0. The first kappa shape index (κ1) is 16.9. The molecule has 0 saturated heterocycles. The van der Waals surface area contributed by atoms with Crippen molar-refractivity contribution in [2.75, 3.05) is 7.11 Å². The molecule has 0 atom stereocenters. The quantitative estimate of drug-likeness (QED) is 0.736. The second-order valence-corrected chi connectivity index (χ2v) is 6.14. The zero-order valence-electron chi connectivity index (χ0n) is 14.2. The molecule has 1 N–H and O–H groups in total. The van der Waals surface area contributed by atoms with Gasteiger partial charge in [-0.3, -0.25) is 0 Å². The minimum Gasteiger partial charge on any atom is -0.494 e. The van der Waals surface area contributed by atoms with E-state index in [9.17, 15) is 14.3 Å². The van der Waals surface area contributed by atoms with Crippen molar-refractivity contribution in [1.29, 1.82) is 0 Å². The summed E-state index contributed by atoms with van der Waals surface area (Å²) in [6.45, 7) is 4.09.